The molecule has 2 aromatic carbocycles. The average molecular weight is 444 g/mol. The van der Waals surface area contributed by atoms with Crippen LogP contribution in [-0.2, 0) is 31.0 Å². The molecule has 3 aromatic rings. The molecule has 0 fully saturated rings. The van der Waals surface area contributed by atoms with E-state index in [0.717, 1.165) is 5.56 Å². The maximum atomic E-state index is 12.3. The topological polar surface area (TPSA) is 140 Å². The fourth-order valence-corrected chi connectivity index (χ4v) is 3.55. The fraction of sp³-hybridized carbons (Fsp3) is 0.200. The second-order valence-corrected chi connectivity index (χ2v) is 8.15. The highest BCUT2D eigenvalue weighted by Crippen LogP contribution is 2.17. The van der Waals surface area contributed by atoms with E-state index in [9.17, 15) is 18.0 Å². The second-order valence-electron chi connectivity index (χ2n) is 6.38. The van der Waals surface area contributed by atoms with Gasteiger partial charge in [0.15, 0.2) is 6.61 Å². The third-order valence-corrected chi connectivity index (χ3v) is 5.43. The van der Waals surface area contributed by atoms with Crippen molar-refractivity contribution >= 4 is 27.6 Å². The first-order valence-corrected chi connectivity index (χ1v) is 10.7. The maximum Gasteiger partial charge on any atom is 0.307 e. The van der Waals surface area contributed by atoms with Crippen LogP contribution in [-0.4, -0.2) is 37.0 Å². The molecule has 0 aliphatic rings. The van der Waals surface area contributed by atoms with Crippen LogP contribution >= 0.6 is 0 Å². The lowest BCUT2D eigenvalue weighted by atomic mass is 10.2. The van der Waals surface area contributed by atoms with E-state index in [1.54, 1.807) is 0 Å². The van der Waals surface area contributed by atoms with Crippen LogP contribution in [0.25, 0.3) is 11.5 Å². The molecule has 0 unspecified atom stereocenters. The molecule has 1 aromatic heterocycles. The van der Waals surface area contributed by atoms with Gasteiger partial charge in [0.1, 0.15) is 0 Å². The molecule has 0 saturated heterocycles. The third-order valence-electron chi connectivity index (χ3n) is 3.95. The number of ether oxygens (including phenoxy) is 1. The summed E-state index contributed by atoms with van der Waals surface area (Å²) in [6.07, 6.45) is -0.178. The van der Waals surface area contributed by atoms with Crippen molar-refractivity contribution in [3.05, 3.63) is 60.5 Å². The molecular weight excluding hydrogens is 424 g/mol. The van der Waals surface area contributed by atoms with Crippen molar-refractivity contribution < 1.29 is 27.2 Å². The Morgan fingerprint density at radius 2 is 1.74 bits per heavy atom. The van der Waals surface area contributed by atoms with Crippen molar-refractivity contribution in [3.63, 3.8) is 0 Å². The van der Waals surface area contributed by atoms with Crippen molar-refractivity contribution in [3.8, 4) is 11.5 Å². The Bertz CT molecular complexity index is 1140. The average Bonchev–Trinajstić information content (AvgIpc) is 3.22. The van der Waals surface area contributed by atoms with Crippen LogP contribution in [0.1, 0.15) is 19.2 Å². The molecule has 11 heteroatoms. The van der Waals surface area contributed by atoms with Crippen molar-refractivity contribution in [2.75, 3.05) is 11.9 Å². The minimum absolute atomic E-state index is 0.00858. The number of anilines is 1. The number of hydrogen-bond donors (Lipinski definition) is 2. The van der Waals surface area contributed by atoms with Gasteiger partial charge in [0.2, 0.25) is 21.8 Å². The molecule has 0 aliphatic carbocycles. The van der Waals surface area contributed by atoms with Gasteiger partial charge in [0.05, 0.1) is 11.3 Å². The molecule has 2 N–H and O–H groups in total. The van der Waals surface area contributed by atoms with E-state index in [1.165, 1.54) is 31.2 Å². The Kier molecular flexibility index (Phi) is 7.11. The Hall–Kier alpha value is -3.57. The van der Waals surface area contributed by atoms with Crippen molar-refractivity contribution in [1.29, 1.82) is 0 Å². The van der Waals surface area contributed by atoms with Gasteiger partial charge in [-0.25, -0.2) is 13.1 Å². The summed E-state index contributed by atoms with van der Waals surface area (Å²) >= 11 is 0. The smallest absolute Gasteiger partial charge is 0.307 e. The minimum Gasteiger partial charge on any atom is -0.456 e. The van der Waals surface area contributed by atoms with E-state index < -0.39 is 16.0 Å². The monoisotopic (exact) mass is 444 g/mol. The lowest BCUT2D eigenvalue weighted by Crippen LogP contribution is -2.26. The van der Waals surface area contributed by atoms with Crippen LogP contribution in [0.2, 0.25) is 0 Å². The van der Waals surface area contributed by atoms with Gasteiger partial charge in [-0.05, 0) is 36.4 Å². The molecule has 10 nitrogen and oxygen atoms in total. The van der Waals surface area contributed by atoms with Gasteiger partial charge in [-0.1, -0.05) is 18.2 Å². The number of nitrogens with one attached hydrogen (secondary N) is 2. The van der Waals surface area contributed by atoms with E-state index in [2.05, 4.69) is 20.2 Å². The minimum atomic E-state index is -3.81. The first-order chi connectivity index (χ1) is 14.8. The van der Waals surface area contributed by atoms with Crippen LogP contribution in [0.3, 0.4) is 0 Å². The summed E-state index contributed by atoms with van der Waals surface area (Å²) in [5.74, 6) is -0.441. The van der Waals surface area contributed by atoms with Gasteiger partial charge >= 0.3 is 5.97 Å². The zero-order chi connectivity index (χ0) is 22.3. The van der Waals surface area contributed by atoms with Crippen LogP contribution in [0, 0.1) is 0 Å². The first kappa shape index (κ1) is 22.1. The van der Waals surface area contributed by atoms with Gasteiger partial charge in [0, 0.05) is 24.7 Å². The summed E-state index contributed by atoms with van der Waals surface area (Å²) in [4.78, 5) is 22.9. The number of aromatic nitrogens is 2. The molecule has 162 valence electrons. The Balaban J connectivity index is 1.44. The van der Waals surface area contributed by atoms with E-state index in [1.807, 2.05) is 30.3 Å². The van der Waals surface area contributed by atoms with Crippen LogP contribution in [0.4, 0.5) is 5.69 Å². The Morgan fingerprint density at radius 1 is 1.03 bits per heavy atom. The van der Waals surface area contributed by atoms with Crippen LogP contribution in [0.5, 0.6) is 0 Å². The predicted molar refractivity (Wildman–Crippen MR) is 110 cm³/mol. The van der Waals surface area contributed by atoms with Gasteiger partial charge in [-0.15, -0.1) is 10.2 Å². The number of hydrogen-bond acceptors (Lipinski definition) is 8. The maximum absolute atomic E-state index is 12.3. The molecule has 1 heterocycles. The van der Waals surface area contributed by atoms with Crippen molar-refractivity contribution in [2.45, 2.75) is 24.8 Å². The van der Waals surface area contributed by atoms with Gasteiger partial charge in [-0.2, -0.15) is 0 Å². The fourth-order valence-electron chi connectivity index (χ4n) is 2.52. The van der Waals surface area contributed by atoms with E-state index in [-0.39, 0.29) is 36.3 Å². The Labute approximate surface area is 178 Å². The molecule has 1 amide bonds. The lowest BCUT2D eigenvalue weighted by Gasteiger charge is -2.08. The van der Waals surface area contributed by atoms with Gasteiger partial charge in [0.25, 0.3) is 5.89 Å². The molecule has 0 atom stereocenters. The van der Waals surface area contributed by atoms with Gasteiger partial charge < -0.3 is 14.5 Å². The lowest BCUT2D eigenvalue weighted by molar-refractivity contribution is -0.145. The number of carbonyl (C=O) groups excluding carboxylic acids is 2. The first-order valence-electron chi connectivity index (χ1n) is 9.24. The summed E-state index contributed by atoms with van der Waals surface area (Å²) in [6.45, 7) is 0.996. The molecule has 0 radical (unpaired) electrons. The summed E-state index contributed by atoms with van der Waals surface area (Å²) < 4.78 is 37.4. The SMILES string of the molecule is CC(=O)Nc1ccc(S(=O)(=O)NCCC(=O)OCc2nnc(-c3ccccc3)o2)cc1. The number of amides is 1. The zero-order valence-corrected chi connectivity index (χ0v) is 17.4. The van der Waals surface area contributed by atoms with Crippen molar-refractivity contribution in [2.24, 2.45) is 0 Å². The molecular formula is C20H20N4O6S. The molecule has 0 saturated carbocycles. The van der Waals surface area contributed by atoms with Crippen molar-refractivity contribution in [1.82, 2.24) is 14.9 Å². The molecule has 31 heavy (non-hydrogen) atoms. The normalized spacial score (nSPS) is 11.1. The predicted octanol–water partition coefficient (Wildman–Crippen LogP) is 2.11. The second kappa shape index (κ2) is 9.96. The highest BCUT2D eigenvalue weighted by Gasteiger charge is 2.15. The van der Waals surface area contributed by atoms with E-state index in [4.69, 9.17) is 9.15 Å². The largest absolute Gasteiger partial charge is 0.456 e. The quantitative estimate of drug-likeness (QED) is 0.478. The van der Waals surface area contributed by atoms with Gasteiger partial charge in [-0.3, -0.25) is 9.59 Å². The summed E-state index contributed by atoms with van der Waals surface area (Å²) in [5, 5.41) is 10.3. The number of rotatable bonds is 9. The van der Waals surface area contributed by atoms with E-state index >= 15 is 0 Å². The van der Waals surface area contributed by atoms with E-state index in [0.29, 0.717) is 11.6 Å². The number of esters is 1. The third kappa shape index (κ3) is 6.46. The number of carbonyl (C=O) groups is 2. The molecule has 0 spiro atoms. The standard InChI is InChI=1S/C20H20N4O6S/c1-14(25)22-16-7-9-17(10-8-16)31(27,28)21-12-11-19(26)29-13-18-23-24-20(30-18)15-5-3-2-4-6-15/h2-10,21H,11-13H2,1H3,(H,22,25). The number of benzene rings is 2. The number of nitrogens with zero attached hydrogens (tertiary/aromatic N) is 2. The number of sulfonamides is 1. The van der Waals surface area contributed by atoms with Crippen LogP contribution < -0.4 is 10.0 Å². The summed E-state index contributed by atoms with van der Waals surface area (Å²) in [7, 11) is -3.81. The Morgan fingerprint density at radius 3 is 2.42 bits per heavy atom. The zero-order valence-electron chi connectivity index (χ0n) is 16.6. The molecule has 3 rings (SSSR count). The molecule has 0 bridgehead atoms. The highest BCUT2D eigenvalue weighted by molar-refractivity contribution is 7.89. The highest BCUT2D eigenvalue weighted by atomic mass is 32.2. The molecule has 0 aliphatic heterocycles. The summed E-state index contributed by atoms with van der Waals surface area (Å²) in [6, 6.07) is 14.8. The van der Waals surface area contributed by atoms with Crippen LogP contribution in [0.15, 0.2) is 63.9 Å². The summed E-state index contributed by atoms with van der Waals surface area (Å²) in [5.41, 5.74) is 1.22.